The van der Waals surface area contributed by atoms with Gasteiger partial charge in [-0.25, -0.2) is 4.98 Å². The predicted molar refractivity (Wildman–Crippen MR) is 69.0 cm³/mol. The van der Waals surface area contributed by atoms with Gasteiger partial charge in [0.25, 0.3) is 5.56 Å². The molecule has 0 aliphatic carbocycles. The highest BCUT2D eigenvalue weighted by Crippen LogP contribution is 2.16. The van der Waals surface area contributed by atoms with E-state index in [1.807, 2.05) is 31.2 Å². The molecule has 0 radical (unpaired) electrons. The highest BCUT2D eigenvalue weighted by atomic mass is 16.1. The van der Waals surface area contributed by atoms with E-state index in [1.54, 1.807) is 6.07 Å². The van der Waals surface area contributed by atoms with Crippen LogP contribution in [0.1, 0.15) is 24.7 Å². The van der Waals surface area contributed by atoms with Gasteiger partial charge in [0, 0.05) is 18.1 Å². The fourth-order valence-corrected chi connectivity index (χ4v) is 1.74. The van der Waals surface area contributed by atoms with E-state index in [9.17, 15) is 4.79 Å². The van der Waals surface area contributed by atoms with Crippen molar-refractivity contribution in [2.45, 2.75) is 26.7 Å². The van der Waals surface area contributed by atoms with Crippen molar-refractivity contribution in [1.29, 1.82) is 0 Å². The Morgan fingerprint density at radius 3 is 2.59 bits per heavy atom. The van der Waals surface area contributed by atoms with Gasteiger partial charge in [0.05, 0.1) is 5.69 Å². The molecular formula is C14H16N2O. The van der Waals surface area contributed by atoms with Crippen LogP contribution in [0, 0.1) is 6.92 Å². The second kappa shape index (κ2) is 4.95. The Bertz CT molecular complexity index is 555. The number of rotatable bonds is 3. The van der Waals surface area contributed by atoms with E-state index in [0.29, 0.717) is 0 Å². The van der Waals surface area contributed by atoms with Crippen molar-refractivity contribution in [3.8, 4) is 11.3 Å². The highest BCUT2D eigenvalue weighted by molar-refractivity contribution is 5.58. The number of hydrogen-bond donors (Lipinski definition) is 1. The minimum atomic E-state index is -0.0842. The van der Waals surface area contributed by atoms with Crippen LogP contribution in [0.3, 0.4) is 0 Å². The summed E-state index contributed by atoms with van der Waals surface area (Å²) in [6.07, 6.45) is 1.77. The lowest BCUT2D eigenvalue weighted by Crippen LogP contribution is -2.10. The van der Waals surface area contributed by atoms with Gasteiger partial charge in [-0.2, -0.15) is 0 Å². The number of H-pyrrole nitrogens is 1. The first-order chi connectivity index (χ1) is 8.19. The molecule has 0 fully saturated rings. The van der Waals surface area contributed by atoms with E-state index < -0.39 is 0 Å². The summed E-state index contributed by atoms with van der Waals surface area (Å²) in [6, 6.07) is 9.58. The second-order valence-electron chi connectivity index (χ2n) is 4.19. The topological polar surface area (TPSA) is 45.8 Å². The molecule has 0 aliphatic heterocycles. The van der Waals surface area contributed by atoms with Crippen molar-refractivity contribution in [3.63, 3.8) is 0 Å². The second-order valence-corrected chi connectivity index (χ2v) is 4.19. The van der Waals surface area contributed by atoms with E-state index in [2.05, 4.69) is 16.9 Å². The average Bonchev–Trinajstić information content (AvgIpc) is 2.29. The fraction of sp³-hybridized carbons (Fsp3) is 0.286. The van der Waals surface area contributed by atoms with Gasteiger partial charge < -0.3 is 4.98 Å². The molecule has 2 aromatic rings. The van der Waals surface area contributed by atoms with Crippen LogP contribution < -0.4 is 5.56 Å². The van der Waals surface area contributed by atoms with Crippen LogP contribution in [-0.4, -0.2) is 9.97 Å². The molecule has 1 aromatic heterocycles. The largest absolute Gasteiger partial charge is 0.311 e. The molecule has 0 atom stereocenters. The van der Waals surface area contributed by atoms with Gasteiger partial charge in [-0.3, -0.25) is 4.79 Å². The lowest BCUT2D eigenvalue weighted by atomic mass is 10.1. The van der Waals surface area contributed by atoms with Gasteiger partial charge in [0.2, 0.25) is 0 Å². The molecule has 0 unspecified atom stereocenters. The van der Waals surface area contributed by atoms with Gasteiger partial charge in [-0.1, -0.05) is 36.8 Å². The lowest BCUT2D eigenvalue weighted by Gasteiger charge is -2.04. The number of hydrogen-bond acceptors (Lipinski definition) is 2. The van der Waals surface area contributed by atoms with Gasteiger partial charge in [0.15, 0.2) is 0 Å². The van der Waals surface area contributed by atoms with E-state index in [-0.39, 0.29) is 5.56 Å². The first-order valence-electron chi connectivity index (χ1n) is 5.86. The standard InChI is InChI=1S/C14H16N2O/c1-3-4-13-15-12(9-14(17)16-13)11-7-5-10(2)6-8-11/h5-9H,3-4H2,1-2H3,(H,15,16,17). The monoisotopic (exact) mass is 228 g/mol. The molecular weight excluding hydrogens is 212 g/mol. The number of nitrogens with one attached hydrogen (secondary N) is 1. The van der Waals surface area contributed by atoms with Crippen LogP contribution in [0.25, 0.3) is 11.3 Å². The number of benzene rings is 1. The fourth-order valence-electron chi connectivity index (χ4n) is 1.74. The Labute approximate surface area is 101 Å². The maximum atomic E-state index is 11.5. The third-order valence-corrected chi connectivity index (χ3v) is 2.62. The Morgan fingerprint density at radius 2 is 1.94 bits per heavy atom. The predicted octanol–water partition coefficient (Wildman–Crippen LogP) is 2.70. The molecule has 0 saturated heterocycles. The van der Waals surface area contributed by atoms with Crippen LogP contribution in [-0.2, 0) is 6.42 Å². The molecule has 0 saturated carbocycles. The number of nitrogens with zero attached hydrogens (tertiary/aromatic N) is 1. The normalized spacial score (nSPS) is 10.5. The molecule has 2 rings (SSSR count). The molecule has 88 valence electrons. The lowest BCUT2D eigenvalue weighted by molar-refractivity contribution is 0.827. The summed E-state index contributed by atoms with van der Waals surface area (Å²) in [7, 11) is 0. The van der Waals surface area contributed by atoms with Crippen LogP contribution in [0.15, 0.2) is 35.1 Å². The molecule has 0 aliphatic rings. The number of aromatic nitrogens is 2. The molecule has 3 heteroatoms. The number of aryl methyl sites for hydroxylation is 2. The first kappa shape index (κ1) is 11.6. The van der Waals surface area contributed by atoms with Crippen LogP contribution in [0.4, 0.5) is 0 Å². The SMILES string of the molecule is CCCc1nc(-c2ccc(C)cc2)cc(=O)[nH]1. The third kappa shape index (κ3) is 2.81. The van der Waals surface area contributed by atoms with E-state index in [1.165, 1.54) is 5.56 Å². The minimum Gasteiger partial charge on any atom is -0.311 e. The third-order valence-electron chi connectivity index (χ3n) is 2.62. The van der Waals surface area contributed by atoms with Gasteiger partial charge in [-0.15, -0.1) is 0 Å². The molecule has 1 N–H and O–H groups in total. The Morgan fingerprint density at radius 1 is 1.24 bits per heavy atom. The average molecular weight is 228 g/mol. The zero-order valence-corrected chi connectivity index (χ0v) is 10.2. The Kier molecular flexibility index (Phi) is 3.38. The van der Waals surface area contributed by atoms with Gasteiger partial charge >= 0.3 is 0 Å². The minimum absolute atomic E-state index is 0.0842. The summed E-state index contributed by atoms with van der Waals surface area (Å²) >= 11 is 0. The number of aromatic amines is 1. The van der Waals surface area contributed by atoms with Crippen molar-refractivity contribution >= 4 is 0 Å². The van der Waals surface area contributed by atoms with Crippen LogP contribution in [0.2, 0.25) is 0 Å². The Hall–Kier alpha value is -1.90. The zero-order chi connectivity index (χ0) is 12.3. The maximum absolute atomic E-state index is 11.5. The van der Waals surface area contributed by atoms with Gasteiger partial charge in [0.1, 0.15) is 5.82 Å². The summed E-state index contributed by atoms with van der Waals surface area (Å²) in [4.78, 5) is 18.8. The summed E-state index contributed by atoms with van der Waals surface area (Å²) in [5.41, 5.74) is 2.85. The van der Waals surface area contributed by atoms with Crippen molar-refractivity contribution < 1.29 is 0 Å². The van der Waals surface area contributed by atoms with Crippen molar-refractivity contribution in [2.75, 3.05) is 0 Å². The van der Waals surface area contributed by atoms with E-state index in [0.717, 1.165) is 29.9 Å². The molecule has 0 bridgehead atoms. The van der Waals surface area contributed by atoms with Gasteiger partial charge in [-0.05, 0) is 13.3 Å². The quantitative estimate of drug-likeness (QED) is 0.877. The summed E-state index contributed by atoms with van der Waals surface area (Å²) in [5, 5.41) is 0. The first-order valence-corrected chi connectivity index (χ1v) is 5.86. The molecule has 1 aromatic carbocycles. The van der Waals surface area contributed by atoms with E-state index >= 15 is 0 Å². The van der Waals surface area contributed by atoms with Crippen molar-refractivity contribution in [1.82, 2.24) is 9.97 Å². The van der Waals surface area contributed by atoms with Crippen molar-refractivity contribution in [3.05, 3.63) is 52.1 Å². The summed E-state index contributed by atoms with van der Waals surface area (Å²) < 4.78 is 0. The zero-order valence-electron chi connectivity index (χ0n) is 10.2. The molecule has 17 heavy (non-hydrogen) atoms. The highest BCUT2D eigenvalue weighted by Gasteiger charge is 2.03. The van der Waals surface area contributed by atoms with Crippen LogP contribution >= 0.6 is 0 Å². The smallest absolute Gasteiger partial charge is 0.251 e. The maximum Gasteiger partial charge on any atom is 0.251 e. The summed E-state index contributed by atoms with van der Waals surface area (Å²) in [5.74, 6) is 0.760. The van der Waals surface area contributed by atoms with E-state index in [4.69, 9.17) is 0 Å². The molecule has 0 spiro atoms. The van der Waals surface area contributed by atoms with Crippen molar-refractivity contribution in [2.24, 2.45) is 0 Å². The van der Waals surface area contributed by atoms with Crippen LogP contribution in [0.5, 0.6) is 0 Å². The molecule has 0 amide bonds. The molecule has 1 heterocycles. The summed E-state index contributed by atoms with van der Waals surface area (Å²) in [6.45, 7) is 4.11. The Balaban J connectivity index is 2.44. The molecule has 3 nitrogen and oxygen atoms in total.